The highest BCUT2D eigenvalue weighted by molar-refractivity contribution is 6.36. The molecule has 0 saturated heterocycles. The van der Waals surface area contributed by atoms with Gasteiger partial charge in [-0.3, -0.25) is 14.3 Å². The molecule has 8 heteroatoms. The SMILES string of the molecule is C=C/C=C(\C(=C)Cl)c1cc2c(o1)c(=O)n(-c1cncc3ccc(OC)cc13)c(=O)n2C. The van der Waals surface area contributed by atoms with Crippen molar-refractivity contribution in [1.82, 2.24) is 14.1 Å². The summed E-state index contributed by atoms with van der Waals surface area (Å²) < 4.78 is 13.5. The number of fused-ring (bicyclic) bond motifs is 2. The maximum Gasteiger partial charge on any atom is 0.336 e. The van der Waals surface area contributed by atoms with Gasteiger partial charge in [0, 0.05) is 40.7 Å². The second kappa shape index (κ2) is 7.77. The number of methoxy groups -OCH3 is 1. The zero-order chi connectivity index (χ0) is 22.3. The van der Waals surface area contributed by atoms with E-state index in [2.05, 4.69) is 18.1 Å². The van der Waals surface area contributed by atoms with E-state index in [0.29, 0.717) is 33.7 Å². The molecule has 0 saturated carbocycles. The number of ether oxygens (including phenoxy) is 1. The first kappa shape index (κ1) is 20.4. The minimum absolute atomic E-state index is 0.00452. The summed E-state index contributed by atoms with van der Waals surface area (Å²) in [6.07, 6.45) is 6.26. The standard InChI is InChI=1S/C23H18ClN3O4/c1-5-6-16(13(2)24)20-10-18-21(31-20)22(28)27(23(29)26(18)3)19-12-25-11-14-7-8-15(30-4)9-17(14)19/h5-12H,1-2H2,3-4H3/b16-6+. The molecule has 0 atom stereocenters. The van der Waals surface area contributed by atoms with Gasteiger partial charge in [0.05, 0.1) is 24.5 Å². The fraction of sp³-hybridized carbons (Fsp3) is 0.0870. The molecule has 4 rings (SSSR count). The van der Waals surface area contributed by atoms with Crippen LogP contribution in [0.2, 0.25) is 0 Å². The molecule has 0 N–H and O–H groups in total. The first-order valence-corrected chi connectivity index (χ1v) is 9.60. The van der Waals surface area contributed by atoms with E-state index in [0.717, 1.165) is 9.95 Å². The molecule has 0 unspecified atom stereocenters. The van der Waals surface area contributed by atoms with Crippen LogP contribution in [0.1, 0.15) is 5.76 Å². The monoisotopic (exact) mass is 435 g/mol. The van der Waals surface area contributed by atoms with Crippen molar-refractivity contribution in [2.75, 3.05) is 7.11 Å². The highest BCUT2D eigenvalue weighted by atomic mass is 35.5. The lowest BCUT2D eigenvalue weighted by atomic mass is 10.1. The summed E-state index contributed by atoms with van der Waals surface area (Å²) in [6.45, 7) is 7.37. The van der Waals surface area contributed by atoms with Crippen LogP contribution in [0.3, 0.4) is 0 Å². The van der Waals surface area contributed by atoms with Gasteiger partial charge in [0.15, 0.2) is 0 Å². The molecular weight excluding hydrogens is 418 g/mol. The van der Waals surface area contributed by atoms with E-state index in [1.165, 1.54) is 16.8 Å². The molecular formula is C23H18ClN3O4. The summed E-state index contributed by atoms with van der Waals surface area (Å²) in [4.78, 5) is 30.7. The molecule has 0 aliphatic carbocycles. The molecule has 3 aromatic heterocycles. The van der Waals surface area contributed by atoms with Crippen LogP contribution in [0.15, 0.2) is 81.0 Å². The highest BCUT2D eigenvalue weighted by Gasteiger charge is 2.20. The molecule has 156 valence electrons. The number of hydrogen-bond acceptors (Lipinski definition) is 5. The number of allylic oxidation sites excluding steroid dienone is 4. The molecule has 0 spiro atoms. The van der Waals surface area contributed by atoms with E-state index in [1.54, 1.807) is 44.6 Å². The molecule has 1 aromatic carbocycles. The lowest BCUT2D eigenvalue weighted by Crippen LogP contribution is -2.37. The van der Waals surface area contributed by atoms with Crippen molar-refractivity contribution in [3.63, 3.8) is 0 Å². The zero-order valence-corrected chi connectivity index (χ0v) is 17.6. The summed E-state index contributed by atoms with van der Waals surface area (Å²) in [5, 5.41) is 1.61. The van der Waals surface area contributed by atoms with Crippen molar-refractivity contribution < 1.29 is 9.15 Å². The Hall–Kier alpha value is -3.84. The predicted octanol–water partition coefficient (Wildman–Crippen LogP) is 4.16. The average molecular weight is 436 g/mol. The molecule has 0 aliphatic rings. The molecule has 4 aromatic rings. The Kier molecular flexibility index (Phi) is 5.12. The molecule has 31 heavy (non-hydrogen) atoms. The number of hydrogen-bond donors (Lipinski definition) is 0. The third kappa shape index (κ3) is 3.29. The maximum atomic E-state index is 13.4. The fourth-order valence-corrected chi connectivity index (χ4v) is 3.58. The lowest BCUT2D eigenvalue weighted by Gasteiger charge is -2.11. The van der Waals surface area contributed by atoms with Gasteiger partial charge < -0.3 is 9.15 Å². The number of pyridine rings is 1. The summed E-state index contributed by atoms with van der Waals surface area (Å²) in [6, 6.07) is 6.92. The van der Waals surface area contributed by atoms with Crippen molar-refractivity contribution in [2.45, 2.75) is 0 Å². The van der Waals surface area contributed by atoms with Crippen molar-refractivity contribution >= 4 is 39.0 Å². The number of furan rings is 1. The smallest absolute Gasteiger partial charge is 0.336 e. The van der Waals surface area contributed by atoms with Crippen LogP contribution in [0.25, 0.3) is 33.1 Å². The number of halogens is 1. The minimum Gasteiger partial charge on any atom is -0.497 e. The summed E-state index contributed by atoms with van der Waals surface area (Å²) in [7, 11) is 3.11. The van der Waals surface area contributed by atoms with Gasteiger partial charge >= 0.3 is 11.2 Å². The summed E-state index contributed by atoms with van der Waals surface area (Å²) >= 11 is 6.07. The third-order valence-corrected chi connectivity index (χ3v) is 5.18. The Balaban J connectivity index is 2.08. The Morgan fingerprint density at radius 1 is 1.26 bits per heavy atom. The first-order valence-electron chi connectivity index (χ1n) is 9.23. The van der Waals surface area contributed by atoms with Gasteiger partial charge in [-0.05, 0) is 18.2 Å². The van der Waals surface area contributed by atoms with E-state index in [1.807, 2.05) is 6.07 Å². The van der Waals surface area contributed by atoms with Gasteiger partial charge in [-0.2, -0.15) is 0 Å². The molecule has 7 nitrogen and oxygen atoms in total. The van der Waals surface area contributed by atoms with Crippen molar-refractivity contribution in [1.29, 1.82) is 0 Å². The largest absolute Gasteiger partial charge is 0.497 e. The second-order valence-corrected chi connectivity index (χ2v) is 7.23. The third-order valence-electron chi connectivity index (χ3n) is 4.98. The van der Waals surface area contributed by atoms with E-state index in [4.69, 9.17) is 20.8 Å². The van der Waals surface area contributed by atoms with Gasteiger partial charge in [0.1, 0.15) is 11.5 Å². The Bertz CT molecular complexity index is 1520. The van der Waals surface area contributed by atoms with E-state index in [-0.39, 0.29) is 10.6 Å². The first-order chi connectivity index (χ1) is 14.9. The number of aromatic nitrogens is 3. The Morgan fingerprint density at radius 3 is 2.71 bits per heavy atom. The van der Waals surface area contributed by atoms with Crippen LogP contribution in [0.4, 0.5) is 0 Å². The van der Waals surface area contributed by atoms with Gasteiger partial charge in [-0.15, -0.1) is 0 Å². The maximum absolute atomic E-state index is 13.4. The molecule has 0 radical (unpaired) electrons. The Labute approximate surface area is 181 Å². The fourth-order valence-electron chi connectivity index (χ4n) is 3.43. The van der Waals surface area contributed by atoms with Crippen LogP contribution in [-0.4, -0.2) is 21.2 Å². The van der Waals surface area contributed by atoms with Crippen molar-refractivity contribution in [2.24, 2.45) is 7.05 Å². The van der Waals surface area contributed by atoms with Crippen LogP contribution in [0.5, 0.6) is 5.75 Å². The quantitative estimate of drug-likeness (QED) is 0.440. The van der Waals surface area contributed by atoms with Gasteiger partial charge in [-0.1, -0.05) is 36.9 Å². The van der Waals surface area contributed by atoms with Crippen LogP contribution >= 0.6 is 11.6 Å². The topological polar surface area (TPSA) is 79.3 Å². The molecule has 0 amide bonds. The van der Waals surface area contributed by atoms with Crippen molar-refractivity contribution in [3.05, 3.63) is 93.6 Å². The van der Waals surface area contributed by atoms with Crippen molar-refractivity contribution in [3.8, 4) is 11.4 Å². The summed E-state index contributed by atoms with van der Waals surface area (Å²) in [5.41, 5.74) is -0.0291. The zero-order valence-electron chi connectivity index (χ0n) is 16.9. The number of nitrogens with zero attached hydrogens (tertiary/aromatic N) is 3. The molecule has 0 bridgehead atoms. The average Bonchev–Trinajstić information content (AvgIpc) is 3.21. The second-order valence-electron chi connectivity index (χ2n) is 6.77. The molecule has 0 aliphatic heterocycles. The van der Waals surface area contributed by atoms with E-state index in [9.17, 15) is 9.59 Å². The van der Waals surface area contributed by atoms with Gasteiger partial charge in [-0.25, -0.2) is 9.36 Å². The normalized spacial score (nSPS) is 11.8. The van der Waals surface area contributed by atoms with Gasteiger partial charge in [0.25, 0.3) is 0 Å². The molecule has 0 fully saturated rings. The predicted molar refractivity (Wildman–Crippen MR) is 122 cm³/mol. The summed E-state index contributed by atoms with van der Waals surface area (Å²) in [5.74, 6) is 0.892. The minimum atomic E-state index is -0.611. The number of rotatable bonds is 5. The Morgan fingerprint density at radius 2 is 2.03 bits per heavy atom. The highest BCUT2D eigenvalue weighted by Crippen LogP contribution is 2.29. The van der Waals surface area contributed by atoms with Crippen LogP contribution in [0, 0.1) is 0 Å². The van der Waals surface area contributed by atoms with Crippen LogP contribution < -0.4 is 16.0 Å². The van der Waals surface area contributed by atoms with Crippen LogP contribution in [-0.2, 0) is 7.05 Å². The van der Waals surface area contributed by atoms with E-state index < -0.39 is 11.2 Å². The van der Waals surface area contributed by atoms with E-state index >= 15 is 0 Å². The number of aryl methyl sites for hydroxylation is 1. The van der Waals surface area contributed by atoms with Gasteiger partial charge in [0.2, 0.25) is 5.58 Å². The number of benzene rings is 1. The molecule has 3 heterocycles. The lowest BCUT2D eigenvalue weighted by molar-refractivity contribution is 0.415.